The van der Waals surface area contributed by atoms with Crippen molar-refractivity contribution in [3.05, 3.63) is 29.8 Å². The molecule has 1 heterocycles. The van der Waals surface area contributed by atoms with Crippen LogP contribution in [0.25, 0.3) is 0 Å². The van der Waals surface area contributed by atoms with E-state index in [1.165, 1.54) is 6.92 Å². The van der Waals surface area contributed by atoms with Crippen molar-refractivity contribution in [3.63, 3.8) is 0 Å². The second-order valence-corrected chi connectivity index (χ2v) is 7.11. The molecule has 0 aromatic heterocycles. The van der Waals surface area contributed by atoms with Crippen molar-refractivity contribution in [1.29, 1.82) is 0 Å². The van der Waals surface area contributed by atoms with E-state index in [4.69, 9.17) is 9.47 Å². The molecule has 2 rings (SSSR count). The normalized spacial score (nSPS) is 18.5. The Balaban J connectivity index is 2.24. The van der Waals surface area contributed by atoms with Crippen LogP contribution in [0.1, 0.15) is 51.1 Å². The average Bonchev–Trinajstić information content (AvgIpc) is 2.74. The minimum Gasteiger partial charge on any atom is -0.496 e. The molecule has 0 aliphatic carbocycles. The molecule has 0 unspecified atom stereocenters. The van der Waals surface area contributed by atoms with Crippen LogP contribution in [0.4, 0.5) is 0 Å². The number of hydrogen-bond acceptors (Lipinski definition) is 6. The maximum absolute atomic E-state index is 12.9. The molecule has 1 fully saturated rings. The lowest BCUT2D eigenvalue weighted by Gasteiger charge is -2.40. The first kappa shape index (κ1) is 23.2. The van der Waals surface area contributed by atoms with Crippen LogP contribution < -0.4 is 15.6 Å². The molecule has 1 aromatic carbocycles. The summed E-state index contributed by atoms with van der Waals surface area (Å²) in [4.78, 5) is 49.9. The second-order valence-electron chi connectivity index (χ2n) is 7.11. The van der Waals surface area contributed by atoms with E-state index in [1.54, 1.807) is 18.1 Å². The summed E-state index contributed by atoms with van der Waals surface area (Å²) < 4.78 is 10.7. The highest BCUT2D eigenvalue weighted by atomic mass is 16.5. The number of hydrogen-bond donors (Lipinski definition) is 2. The molecule has 2 atom stereocenters. The van der Waals surface area contributed by atoms with Crippen LogP contribution >= 0.6 is 0 Å². The van der Waals surface area contributed by atoms with Gasteiger partial charge in [0.2, 0.25) is 11.8 Å². The molecule has 0 saturated carbocycles. The van der Waals surface area contributed by atoms with Crippen molar-refractivity contribution in [2.75, 3.05) is 20.3 Å². The minimum absolute atomic E-state index is 0.0215. The molecule has 9 heteroatoms. The van der Waals surface area contributed by atoms with E-state index in [2.05, 4.69) is 10.9 Å². The number of piperidine rings is 1. The Morgan fingerprint density at radius 3 is 2.60 bits per heavy atom. The first-order valence-corrected chi connectivity index (χ1v) is 10.0. The van der Waals surface area contributed by atoms with Crippen LogP contribution in [-0.2, 0) is 23.9 Å². The van der Waals surface area contributed by atoms with E-state index in [0.29, 0.717) is 18.7 Å². The lowest BCUT2D eigenvalue weighted by Crippen LogP contribution is -2.47. The van der Waals surface area contributed by atoms with Gasteiger partial charge in [-0.3, -0.25) is 30.0 Å². The van der Waals surface area contributed by atoms with Gasteiger partial charge in [0, 0.05) is 25.5 Å². The van der Waals surface area contributed by atoms with Crippen LogP contribution in [0.2, 0.25) is 0 Å². The number of methoxy groups -OCH3 is 1. The van der Waals surface area contributed by atoms with Gasteiger partial charge in [-0.25, -0.2) is 0 Å². The highest BCUT2D eigenvalue weighted by molar-refractivity contribution is 5.85. The molecule has 0 radical (unpaired) electrons. The Bertz CT molecular complexity index is 782. The van der Waals surface area contributed by atoms with Gasteiger partial charge in [-0.05, 0) is 18.9 Å². The molecule has 9 nitrogen and oxygen atoms in total. The van der Waals surface area contributed by atoms with E-state index in [1.807, 2.05) is 25.1 Å². The quantitative estimate of drug-likeness (QED) is 0.487. The number of benzene rings is 1. The molecule has 1 aliphatic heterocycles. The van der Waals surface area contributed by atoms with E-state index >= 15 is 0 Å². The number of carbonyl (C=O) groups is 4. The number of esters is 1. The maximum Gasteiger partial charge on any atom is 0.311 e. The first-order chi connectivity index (χ1) is 14.4. The summed E-state index contributed by atoms with van der Waals surface area (Å²) in [6.07, 6.45) is 2.25. The van der Waals surface area contributed by atoms with Crippen molar-refractivity contribution >= 4 is 23.7 Å². The summed E-state index contributed by atoms with van der Waals surface area (Å²) >= 11 is 0. The number of hydrazine groups is 1. The fraction of sp³-hybridized carbons (Fsp3) is 0.524. The number of nitrogens with zero attached hydrogens (tertiary/aromatic N) is 1. The highest BCUT2D eigenvalue weighted by Gasteiger charge is 2.42. The van der Waals surface area contributed by atoms with Gasteiger partial charge in [-0.15, -0.1) is 0 Å². The lowest BCUT2D eigenvalue weighted by atomic mass is 9.83. The van der Waals surface area contributed by atoms with Crippen LogP contribution in [0.15, 0.2) is 24.3 Å². The van der Waals surface area contributed by atoms with Crippen molar-refractivity contribution in [1.82, 2.24) is 15.8 Å². The number of likely N-dealkylation sites (tertiary alicyclic amines) is 1. The third-order valence-corrected chi connectivity index (χ3v) is 4.94. The van der Waals surface area contributed by atoms with Crippen molar-refractivity contribution in [3.8, 4) is 5.75 Å². The van der Waals surface area contributed by atoms with Crippen molar-refractivity contribution < 1.29 is 28.7 Å². The summed E-state index contributed by atoms with van der Waals surface area (Å²) in [6, 6.07) is 6.74. The van der Waals surface area contributed by atoms with Gasteiger partial charge in [0.25, 0.3) is 5.91 Å². The summed E-state index contributed by atoms with van der Waals surface area (Å²) in [7, 11) is 1.54. The summed E-state index contributed by atoms with van der Waals surface area (Å²) in [6.45, 7) is 3.27. The molecule has 2 N–H and O–H groups in total. The number of amides is 3. The number of para-hydroxylation sites is 1. The zero-order chi connectivity index (χ0) is 22.1. The topological polar surface area (TPSA) is 114 Å². The monoisotopic (exact) mass is 419 g/mol. The molecule has 3 amide bonds. The predicted octanol–water partition coefficient (Wildman–Crippen LogP) is 1.49. The zero-order valence-corrected chi connectivity index (χ0v) is 17.6. The van der Waals surface area contributed by atoms with Crippen LogP contribution in [0.3, 0.4) is 0 Å². The Hall–Kier alpha value is -3.10. The Morgan fingerprint density at radius 2 is 1.93 bits per heavy atom. The Morgan fingerprint density at radius 1 is 1.20 bits per heavy atom. The van der Waals surface area contributed by atoms with Crippen LogP contribution in [0.5, 0.6) is 5.75 Å². The highest BCUT2D eigenvalue weighted by Crippen LogP contribution is 2.41. The third-order valence-electron chi connectivity index (χ3n) is 4.94. The second kappa shape index (κ2) is 11.2. The third kappa shape index (κ3) is 5.95. The Kier molecular flexibility index (Phi) is 8.64. The predicted molar refractivity (Wildman–Crippen MR) is 108 cm³/mol. The smallest absolute Gasteiger partial charge is 0.311 e. The van der Waals surface area contributed by atoms with Gasteiger partial charge in [0.15, 0.2) is 6.61 Å². The Labute approximate surface area is 176 Å². The van der Waals surface area contributed by atoms with E-state index in [-0.39, 0.29) is 12.3 Å². The molecular formula is C21H29N3O6. The van der Waals surface area contributed by atoms with Gasteiger partial charge in [0.1, 0.15) is 5.75 Å². The van der Waals surface area contributed by atoms with Gasteiger partial charge < -0.3 is 14.4 Å². The number of carbonyl (C=O) groups excluding carboxylic acids is 4. The lowest BCUT2D eigenvalue weighted by molar-refractivity contribution is -0.160. The average molecular weight is 419 g/mol. The van der Waals surface area contributed by atoms with Gasteiger partial charge in [-0.2, -0.15) is 0 Å². The fourth-order valence-corrected chi connectivity index (χ4v) is 3.52. The summed E-state index contributed by atoms with van der Waals surface area (Å²) in [5.74, 6) is -1.74. The van der Waals surface area contributed by atoms with Gasteiger partial charge in [-0.1, -0.05) is 31.5 Å². The molecule has 0 bridgehead atoms. The van der Waals surface area contributed by atoms with E-state index in [0.717, 1.165) is 18.4 Å². The van der Waals surface area contributed by atoms with Crippen LogP contribution in [0, 0.1) is 5.92 Å². The SMILES string of the molecule is CCCCN1C(=O)CC[C@H](C(=O)OCC(=O)NNC(C)=O)[C@H]1c1ccccc1OC. The molecule has 1 saturated heterocycles. The standard InChI is InChI=1S/C21H29N3O6/c1-4-5-12-24-19(27)11-10-16(20(24)15-8-6-7-9-17(15)29-3)21(28)30-13-18(26)23-22-14(2)25/h6-9,16,20H,4-5,10-13H2,1-3H3,(H,22,25)(H,23,26)/t16-,20+/m0/s1. The zero-order valence-electron chi connectivity index (χ0n) is 17.6. The van der Waals surface area contributed by atoms with Gasteiger partial charge in [0.05, 0.1) is 19.1 Å². The molecule has 1 aliphatic rings. The van der Waals surface area contributed by atoms with Crippen molar-refractivity contribution in [2.24, 2.45) is 5.92 Å². The van der Waals surface area contributed by atoms with Gasteiger partial charge >= 0.3 is 5.97 Å². The first-order valence-electron chi connectivity index (χ1n) is 10.0. The number of unbranched alkanes of at least 4 members (excludes halogenated alkanes) is 1. The molecule has 0 spiro atoms. The minimum atomic E-state index is -0.651. The molecular weight excluding hydrogens is 390 g/mol. The summed E-state index contributed by atoms with van der Waals surface area (Å²) in [5.41, 5.74) is 5.01. The fourth-order valence-electron chi connectivity index (χ4n) is 3.52. The number of rotatable bonds is 8. The number of nitrogens with one attached hydrogen (secondary N) is 2. The van der Waals surface area contributed by atoms with Crippen LogP contribution in [-0.4, -0.2) is 48.9 Å². The van der Waals surface area contributed by atoms with E-state index in [9.17, 15) is 19.2 Å². The maximum atomic E-state index is 12.9. The van der Waals surface area contributed by atoms with E-state index < -0.39 is 36.4 Å². The largest absolute Gasteiger partial charge is 0.496 e. The molecule has 30 heavy (non-hydrogen) atoms. The van der Waals surface area contributed by atoms with Crippen molar-refractivity contribution in [2.45, 2.75) is 45.6 Å². The summed E-state index contributed by atoms with van der Waals surface area (Å²) in [5, 5.41) is 0. The molecule has 1 aromatic rings. The molecule has 164 valence electrons. The number of ether oxygens (including phenoxy) is 2.